The first-order valence-electron chi connectivity index (χ1n) is 18.7. The number of aromatic nitrogens is 3. The smallest absolute Gasteiger partial charge is 0.164 e. The molecule has 2 heterocycles. The molecule has 7 aromatic carbocycles. The van der Waals surface area contributed by atoms with Crippen molar-refractivity contribution >= 4 is 37.1 Å². The Hall–Kier alpha value is -6.75. The molecule has 2 aromatic heterocycles. The van der Waals surface area contributed by atoms with E-state index >= 15 is 0 Å². The average Bonchev–Trinajstić information content (AvgIpc) is 3.66. The summed E-state index contributed by atoms with van der Waals surface area (Å²) in [6, 6.07) is 62.4. The zero-order valence-corrected chi connectivity index (χ0v) is 30.8. The molecular weight excluding hydrogens is 687 g/mol. The van der Waals surface area contributed by atoms with Gasteiger partial charge < -0.3 is 0 Å². The largest absolute Gasteiger partial charge is 0.208 e. The van der Waals surface area contributed by atoms with Crippen molar-refractivity contribution in [2.75, 3.05) is 0 Å². The molecule has 4 heteroatoms. The highest BCUT2D eigenvalue weighted by atomic mass is 32.1. The molecule has 0 bridgehead atoms. The van der Waals surface area contributed by atoms with Gasteiger partial charge in [-0.1, -0.05) is 176 Å². The van der Waals surface area contributed by atoms with E-state index in [-0.39, 0.29) is 5.92 Å². The van der Waals surface area contributed by atoms with Gasteiger partial charge in [-0.25, -0.2) is 15.0 Å². The summed E-state index contributed by atoms with van der Waals surface area (Å²) < 4.78 is 2.46. The summed E-state index contributed by atoms with van der Waals surface area (Å²) in [5, 5.41) is 2.40. The Morgan fingerprint density at radius 3 is 1.58 bits per heavy atom. The van der Waals surface area contributed by atoms with Gasteiger partial charge in [-0.3, -0.25) is 0 Å². The van der Waals surface area contributed by atoms with Gasteiger partial charge in [0.05, 0.1) is 0 Å². The van der Waals surface area contributed by atoms with Crippen LogP contribution in [0.4, 0.5) is 0 Å². The van der Waals surface area contributed by atoms with E-state index in [1.807, 2.05) is 47.7 Å². The summed E-state index contributed by atoms with van der Waals surface area (Å²) in [7, 11) is 0. The van der Waals surface area contributed by atoms with Gasteiger partial charge in [0.25, 0.3) is 0 Å². The van der Waals surface area contributed by atoms with Gasteiger partial charge in [-0.15, -0.1) is 11.3 Å². The van der Waals surface area contributed by atoms with Crippen LogP contribution >= 0.6 is 11.3 Å². The first-order chi connectivity index (χ1) is 27.2. The van der Waals surface area contributed by atoms with Gasteiger partial charge >= 0.3 is 0 Å². The minimum atomic E-state index is 0.256. The second-order valence-corrected chi connectivity index (χ2v) is 15.0. The standard InChI is InChI=1S/C51H35N3S/c1-4-13-34(14-5-1)35-23-25-36(26-24-35)37-27-29-38(30-28-37)42-19-10-11-20-43(42)41-31-32-46-45(33-41)48-44(21-12-22-47(48)55-46)51-53-49(39-15-6-2-7-16-39)52-50(54-51)40-17-8-3-9-18-40/h1-18,20-33,42H,19H2. The highest BCUT2D eigenvalue weighted by molar-refractivity contribution is 7.25. The summed E-state index contributed by atoms with van der Waals surface area (Å²) in [5.74, 6) is 2.26. The van der Waals surface area contributed by atoms with E-state index in [9.17, 15) is 0 Å². The molecule has 1 unspecified atom stereocenters. The minimum Gasteiger partial charge on any atom is -0.208 e. The molecular formula is C51H35N3S. The lowest BCUT2D eigenvalue weighted by Gasteiger charge is -2.23. The van der Waals surface area contributed by atoms with Crippen LogP contribution in [0.25, 0.3) is 82.2 Å². The molecule has 0 aliphatic heterocycles. The predicted octanol–water partition coefficient (Wildman–Crippen LogP) is 13.7. The Balaban J connectivity index is 1.02. The zero-order valence-electron chi connectivity index (χ0n) is 30.0. The Kier molecular flexibility index (Phi) is 8.51. The summed E-state index contributed by atoms with van der Waals surface area (Å²) in [6.45, 7) is 0. The zero-order chi connectivity index (χ0) is 36.6. The number of benzene rings is 7. The van der Waals surface area contributed by atoms with E-state index in [1.54, 1.807) is 0 Å². The molecule has 260 valence electrons. The van der Waals surface area contributed by atoms with Crippen molar-refractivity contribution in [3.63, 3.8) is 0 Å². The van der Waals surface area contributed by atoms with E-state index in [2.05, 4.69) is 158 Å². The van der Waals surface area contributed by atoms with Gasteiger partial charge in [0, 0.05) is 42.8 Å². The van der Waals surface area contributed by atoms with Crippen LogP contribution in [0.1, 0.15) is 23.5 Å². The minimum absolute atomic E-state index is 0.256. The van der Waals surface area contributed by atoms with Crippen LogP contribution in [0, 0.1) is 0 Å². The molecule has 0 spiro atoms. The second-order valence-electron chi connectivity index (χ2n) is 13.9. The van der Waals surface area contributed by atoms with Crippen molar-refractivity contribution in [1.29, 1.82) is 0 Å². The van der Waals surface area contributed by atoms with Gasteiger partial charge in [0.15, 0.2) is 17.5 Å². The molecule has 55 heavy (non-hydrogen) atoms. The van der Waals surface area contributed by atoms with Crippen LogP contribution in [0.15, 0.2) is 194 Å². The third kappa shape index (κ3) is 6.37. The topological polar surface area (TPSA) is 38.7 Å². The van der Waals surface area contributed by atoms with Crippen molar-refractivity contribution in [3.8, 4) is 56.4 Å². The van der Waals surface area contributed by atoms with E-state index in [0.29, 0.717) is 17.5 Å². The van der Waals surface area contributed by atoms with E-state index in [0.717, 1.165) is 23.1 Å². The third-order valence-corrected chi connectivity index (χ3v) is 11.7. The Morgan fingerprint density at radius 1 is 0.436 bits per heavy atom. The molecule has 0 N–H and O–H groups in total. The van der Waals surface area contributed by atoms with E-state index in [1.165, 1.54) is 59.1 Å². The average molecular weight is 722 g/mol. The van der Waals surface area contributed by atoms with Crippen LogP contribution < -0.4 is 0 Å². The fraction of sp³-hybridized carbons (Fsp3) is 0.0392. The fourth-order valence-corrected chi connectivity index (χ4v) is 8.87. The molecule has 10 rings (SSSR count). The molecule has 0 saturated heterocycles. The maximum Gasteiger partial charge on any atom is 0.164 e. The Labute approximate surface area is 324 Å². The Morgan fingerprint density at radius 2 is 0.964 bits per heavy atom. The molecule has 3 nitrogen and oxygen atoms in total. The monoisotopic (exact) mass is 721 g/mol. The normalized spacial score (nSPS) is 14.0. The lowest BCUT2D eigenvalue weighted by Crippen LogP contribution is -2.04. The number of hydrogen-bond donors (Lipinski definition) is 0. The number of fused-ring (bicyclic) bond motifs is 3. The molecule has 0 saturated carbocycles. The van der Waals surface area contributed by atoms with E-state index in [4.69, 9.17) is 15.0 Å². The van der Waals surface area contributed by atoms with Crippen LogP contribution in [0.2, 0.25) is 0 Å². The number of hydrogen-bond acceptors (Lipinski definition) is 4. The Bertz CT molecular complexity index is 2800. The molecule has 1 aliphatic rings. The maximum atomic E-state index is 5.11. The van der Waals surface area contributed by atoms with Crippen LogP contribution in [0.3, 0.4) is 0 Å². The van der Waals surface area contributed by atoms with E-state index < -0.39 is 0 Å². The lowest BCUT2D eigenvalue weighted by atomic mass is 9.81. The SMILES string of the molecule is C1=CCC(c2ccc(-c3ccc(-c4ccccc4)cc3)cc2)C(c2ccc3sc4cccc(-c5nc(-c6ccccc6)nc(-c6ccccc6)n5)c4c3c2)=C1. The first-order valence-corrected chi connectivity index (χ1v) is 19.5. The highest BCUT2D eigenvalue weighted by Gasteiger charge is 2.22. The van der Waals surface area contributed by atoms with Gasteiger partial charge in [-0.05, 0) is 63.6 Å². The van der Waals surface area contributed by atoms with Gasteiger partial charge in [-0.2, -0.15) is 0 Å². The summed E-state index contributed by atoms with van der Waals surface area (Å²) in [5.41, 5.74) is 11.7. The number of allylic oxidation sites excluding steroid dienone is 4. The number of rotatable bonds is 7. The van der Waals surface area contributed by atoms with Crippen LogP contribution in [-0.4, -0.2) is 15.0 Å². The predicted molar refractivity (Wildman–Crippen MR) is 231 cm³/mol. The summed E-state index contributed by atoms with van der Waals surface area (Å²) in [4.78, 5) is 15.2. The van der Waals surface area contributed by atoms with Crippen molar-refractivity contribution in [2.24, 2.45) is 0 Å². The molecule has 1 atom stereocenters. The van der Waals surface area contributed by atoms with Crippen molar-refractivity contribution in [2.45, 2.75) is 12.3 Å². The molecule has 1 aliphatic carbocycles. The van der Waals surface area contributed by atoms with Crippen molar-refractivity contribution in [3.05, 3.63) is 205 Å². The van der Waals surface area contributed by atoms with Crippen LogP contribution in [-0.2, 0) is 0 Å². The summed E-state index contributed by atoms with van der Waals surface area (Å²) in [6.07, 6.45) is 7.75. The van der Waals surface area contributed by atoms with Crippen molar-refractivity contribution < 1.29 is 0 Å². The highest BCUT2D eigenvalue weighted by Crippen LogP contribution is 2.44. The molecule has 9 aromatic rings. The molecule has 0 fully saturated rings. The molecule has 0 amide bonds. The van der Waals surface area contributed by atoms with Gasteiger partial charge in [0.1, 0.15) is 0 Å². The van der Waals surface area contributed by atoms with Crippen LogP contribution in [0.5, 0.6) is 0 Å². The maximum absolute atomic E-state index is 5.11. The summed E-state index contributed by atoms with van der Waals surface area (Å²) >= 11 is 1.82. The third-order valence-electron chi connectivity index (χ3n) is 10.6. The fourth-order valence-electron chi connectivity index (χ4n) is 7.76. The second kappa shape index (κ2) is 14.2. The van der Waals surface area contributed by atoms with Gasteiger partial charge in [0.2, 0.25) is 0 Å². The first kappa shape index (κ1) is 32.9. The molecule has 0 radical (unpaired) electrons. The number of nitrogens with zero attached hydrogens (tertiary/aromatic N) is 3. The van der Waals surface area contributed by atoms with Crippen molar-refractivity contribution in [1.82, 2.24) is 15.0 Å². The lowest BCUT2D eigenvalue weighted by molar-refractivity contribution is 0.874. The number of thiophene rings is 1. The quantitative estimate of drug-likeness (QED) is 0.164.